The molecule has 0 aliphatic carbocycles. The highest BCUT2D eigenvalue weighted by molar-refractivity contribution is 8.00. The number of amides is 2. The summed E-state index contributed by atoms with van der Waals surface area (Å²) in [5.41, 5.74) is 0.711. The maximum atomic E-state index is 12.2. The predicted molar refractivity (Wildman–Crippen MR) is 75.3 cm³/mol. The van der Waals surface area contributed by atoms with Gasteiger partial charge in [0.1, 0.15) is 17.1 Å². The second kappa shape index (κ2) is 5.16. The summed E-state index contributed by atoms with van der Waals surface area (Å²) in [5.74, 6) is -1.79. The van der Waals surface area contributed by atoms with Gasteiger partial charge in [0.2, 0.25) is 0 Å². The second-order valence-corrected chi connectivity index (χ2v) is 6.26. The Morgan fingerprint density at radius 3 is 2.82 bits per heavy atom. The standard InChI is InChI=1S/C13H14N4O4S/c1-6-5-22-12-8(11(19)17(12)9(6)13(20)21)14-10(18)7-3-4-16(2)15-7/h3-4,8,12H,5H2,1-2H3,(H,14,18)(H,20,21)/p-1. The Hall–Kier alpha value is -2.29. The van der Waals surface area contributed by atoms with Crippen molar-refractivity contribution in [2.75, 3.05) is 5.75 Å². The number of carbonyl (C=O) groups is 3. The fourth-order valence-corrected chi connectivity index (χ4v) is 3.81. The topological polar surface area (TPSA) is 107 Å². The quantitative estimate of drug-likeness (QED) is 0.676. The highest BCUT2D eigenvalue weighted by atomic mass is 32.2. The van der Waals surface area contributed by atoms with E-state index in [9.17, 15) is 19.5 Å². The van der Waals surface area contributed by atoms with Gasteiger partial charge >= 0.3 is 0 Å². The zero-order valence-corrected chi connectivity index (χ0v) is 12.7. The number of thioether (sulfide) groups is 1. The molecule has 0 saturated carbocycles. The third-order valence-corrected chi connectivity index (χ3v) is 5.01. The average Bonchev–Trinajstić information content (AvgIpc) is 2.90. The van der Waals surface area contributed by atoms with E-state index >= 15 is 0 Å². The van der Waals surface area contributed by atoms with Crippen LogP contribution in [0.3, 0.4) is 0 Å². The molecule has 9 heteroatoms. The molecule has 1 aromatic rings. The van der Waals surface area contributed by atoms with E-state index in [0.717, 1.165) is 0 Å². The normalized spacial score (nSPS) is 23.9. The fraction of sp³-hybridized carbons (Fsp3) is 0.385. The third kappa shape index (κ3) is 2.17. The highest BCUT2D eigenvalue weighted by Crippen LogP contribution is 2.39. The minimum absolute atomic E-state index is 0.0860. The number of nitrogens with one attached hydrogen (secondary N) is 1. The summed E-state index contributed by atoms with van der Waals surface area (Å²) < 4.78 is 1.49. The van der Waals surface area contributed by atoms with E-state index in [-0.39, 0.29) is 11.4 Å². The molecule has 2 aliphatic heterocycles. The molecule has 3 rings (SSSR count). The zero-order valence-electron chi connectivity index (χ0n) is 11.9. The number of aromatic nitrogens is 2. The fourth-order valence-electron chi connectivity index (χ4n) is 2.51. The van der Waals surface area contributed by atoms with Crippen molar-refractivity contribution >= 4 is 29.5 Å². The molecular weight excluding hydrogens is 308 g/mol. The Morgan fingerprint density at radius 2 is 2.23 bits per heavy atom. The summed E-state index contributed by atoms with van der Waals surface area (Å²) in [4.78, 5) is 36.6. The van der Waals surface area contributed by atoms with Crippen molar-refractivity contribution in [1.29, 1.82) is 0 Å². The van der Waals surface area contributed by atoms with Crippen molar-refractivity contribution in [1.82, 2.24) is 20.0 Å². The van der Waals surface area contributed by atoms with E-state index in [1.807, 2.05) is 0 Å². The van der Waals surface area contributed by atoms with Crippen LogP contribution in [-0.2, 0) is 16.6 Å². The number of carboxylic acids is 1. The van der Waals surface area contributed by atoms with Crippen LogP contribution in [-0.4, -0.2) is 49.6 Å². The van der Waals surface area contributed by atoms with Crippen LogP contribution < -0.4 is 10.4 Å². The number of carbonyl (C=O) groups excluding carboxylic acids is 3. The van der Waals surface area contributed by atoms with Crippen LogP contribution in [0, 0.1) is 0 Å². The molecule has 8 nitrogen and oxygen atoms in total. The molecule has 0 spiro atoms. The minimum atomic E-state index is -1.37. The SMILES string of the molecule is CC1=C(C(=O)[O-])N2C(=O)C(NC(=O)c3ccn(C)n3)C2SC1. The first kappa shape index (κ1) is 14.6. The lowest BCUT2D eigenvalue weighted by molar-refractivity contribution is -0.301. The molecule has 1 aromatic heterocycles. The highest BCUT2D eigenvalue weighted by Gasteiger charge is 2.52. The molecule has 2 atom stereocenters. The second-order valence-electron chi connectivity index (χ2n) is 5.15. The molecule has 0 radical (unpaired) electrons. The van der Waals surface area contributed by atoms with Gasteiger partial charge < -0.3 is 15.2 Å². The smallest absolute Gasteiger partial charge is 0.272 e. The van der Waals surface area contributed by atoms with Crippen molar-refractivity contribution in [3.05, 3.63) is 29.2 Å². The van der Waals surface area contributed by atoms with Gasteiger partial charge in [0, 0.05) is 19.0 Å². The van der Waals surface area contributed by atoms with Crippen LogP contribution in [0.5, 0.6) is 0 Å². The van der Waals surface area contributed by atoms with Gasteiger partial charge in [0.15, 0.2) is 0 Å². The first-order chi connectivity index (χ1) is 10.4. The number of aryl methyl sites for hydroxylation is 1. The van der Waals surface area contributed by atoms with Crippen LogP contribution in [0.2, 0.25) is 0 Å². The summed E-state index contributed by atoms with van der Waals surface area (Å²) in [6.45, 7) is 1.65. The Labute approximate surface area is 130 Å². The van der Waals surface area contributed by atoms with E-state index in [0.29, 0.717) is 11.3 Å². The zero-order chi connectivity index (χ0) is 16.0. The van der Waals surface area contributed by atoms with E-state index < -0.39 is 29.2 Å². The molecule has 116 valence electrons. The van der Waals surface area contributed by atoms with E-state index in [4.69, 9.17) is 0 Å². The number of hydrogen-bond acceptors (Lipinski definition) is 6. The number of fused-ring (bicyclic) bond motifs is 1. The number of β-lactam (4-membered cyclic amide) rings is 1. The third-order valence-electron chi connectivity index (χ3n) is 3.59. The molecule has 3 heterocycles. The maximum Gasteiger partial charge on any atom is 0.272 e. The molecule has 0 bridgehead atoms. The minimum Gasteiger partial charge on any atom is -0.543 e. The van der Waals surface area contributed by atoms with Crippen molar-refractivity contribution < 1.29 is 19.5 Å². The molecule has 1 fully saturated rings. The number of rotatable bonds is 3. The van der Waals surface area contributed by atoms with Crippen molar-refractivity contribution in [2.45, 2.75) is 18.3 Å². The van der Waals surface area contributed by atoms with Gasteiger partial charge in [-0.15, -0.1) is 11.8 Å². The van der Waals surface area contributed by atoms with Gasteiger partial charge in [-0.1, -0.05) is 0 Å². The van der Waals surface area contributed by atoms with Gasteiger partial charge in [-0.05, 0) is 18.6 Å². The molecule has 1 saturated heterocycles. The average molecular weight is 321 g/mol. The summed E-state index contributed by atoms with van der Waals surface area (Å²) in [7, 11) is 1.68. The summed E-state index contributed by atoms with van der Waals surface area (Å²) in [6, 6.07) is 0.794. The molecule has 2 aliphatic rings. The van der Waals surface area contributed by atoms with Gasteiger partial charge in [-0.2, -0.15) is 5.10 Å². The van der Waals surface area contributed by atoms with Crippen LogP contribution in [0.25, 0.3) is 0 Å². The van der Waals surface area contributed by atoms with Crippen molar-refractivity contribution in [3.8, 4) is 0 Å². The number of carboxylic acid groups (broad SMARTS) is 1. The van der Waals surface area contributed by atoms with Gasteiger partial charge in [-0.25, -0.2) is 0 Å². The maximum absolute atomic E-state index is 12.2. The number of aliphatic carboxylic acids is 1. The van der Waals surface area contributed by atoms with Crippen LogP contribution in [0.15, 0.2) is 23.5 Å². The van der Waals surface area contributed by atoms with E-state index in [1.54, 1.807) is 26.2 Å². The van der Waals surface area contributed by atoms with Crippen LogP contribution in [0.4, 0.5) is 0 Å². The van der Waals surface area contributed by atoms with Crippen molar-refractivity contribution in [2.24, 2.45) is 7.05 Å². The van der Waals surface area contributed by atoms with Gasteiger partial charge in [0.05, 0.1) is 11.7 Å². The van der Waals surface area contributed by atoms with E-state index in [1.165, 1.54) is 21.3 Å². The molecule has 2 amide bonds. The summed E-state index contributed by atoms with van der Waals surface area (Å²) in [6.07, 6.45) is 1.62. The molecule has 2 unspecified atom stereocenters. The first-order valence-electron chi connectivity index (χ1n) is 6.56. The number of nitrogens with zero attached hydrogens (tertiary/aromatic N) is 3. The lowest BCUT2D eigenvalue weighted by atomic mass is 10.0. The van der Waals surface area contributed by atoms with Crippen molar-refractivity contribution in [3.63, 3.8) is 0 Å². The Balaban J connectivity index is 1.76. The van der Waals surface area contributed by atoms with E-state index in [2.05, 4.69) is 10.4 Å². The lowest BCUT2D eigenvalue weighted by Gasteiger charge is -2.50. The van der Waals surface area contributed by atoms with Gasteiger partial charge in [0.25, 0.3) is 11.8 Å². The summed E-state index contributed by atoms with van der Waals surface area (Å²) >= 11 is 1.41. The number of hydrogen-bond donors (Lipinski definition) is 1. The Kier molecular flexibility index (Phi) is 3.44. The molecular formula is C13H13N4O4S-. The summed E-state index contributed by atoms with van der Waals surface area (Å²) in [5, 5.41) is 17.3. The Morgan fingerprint density at radius 1 is 1.50 bits per heavy atom. The van der Waals surface area contributed by atoms with Crippen LogP contribution >= 0.6 is 11.8 Å². The lowest BCUT2D eigenvalue weighted by Crippen LogP contribution is -2.71. The predicted octanol–water partition coefficient (Wildman–Crippen LogP) is -1.54. The van der Waals surface area contributed by atoms with Gasteiger partial charge in [-0.3, -0.25) is 19.2 Å². The first-order valence-corrected chi connectivity index (χ1v) is 7.61. The largest absolute Gasteiger partial charge is 0.543 e. The Bertz CT molecular complexity index is 711. The monoisotopic (exact) mass is 321 g/mol. The van der Waals surface area contributed by atoms with Crippen LogP contribution in [0.1, 0.15) is 17.4 Å². The molecule has 0 aromatic carbocycles. The molecule has 22 heavy (non-hydrogen) atoms. The molecule has 1 N–H and O–H groups in total.